The smallest absolute Gasteiger partial charge is 0.255 e. The number of hydrogen-bond acceptors (Lipinski definition) is 5. The predicted molar refractivity (Wildman–Crippen MR) is 83.5 cm³/mol. The molecule has 7 nitrogen and oxygen atoms in total. The molecule has 0 bridgehead atoms. The van der Waals surface area contributed by atoms with Crippen molar-refractivity contribution in [2.75, 3.05) is 12.4 Å². The SMILES string of the molecule is COCn1cc(NCc2cc3ccccc3n(C)c2=O)nn1. The van der Waals surface area contributed by atoms with Gasteiger partial charge in [0.05, 0.1) is 11.7 Å². The summed E-state index contributed by atoms with van der Waals surface area (Å²) in [4.78, 5) is 12.4. The van der Waals surface area contributed by atoms with E-state index in [-0.39, 0.29) is 5.56 Å². The number of nitrogens with zero attached hydrogens (tertiary/aromatic N) is 4. The van der Waals surface area contributed by atoms with Gasteiger partial charge in [-0.1, -0.05) is 23.4 Å². The zero-order valence-corrected chi connectivity index (χ0v) is 12.5. The molecule has 0 aliphatic rings. The molecule has 1 N–H and O–H groups in total. The van der Waals surface area contributed by atoms with Crippen LogP contribution in [0.1, 0.15) is 5.56 Å². The van der Waals surface area contributed by atoms with Crippen molar-refractivity contribution in [3.8, 4) is 0 Å². The fourth-order valence-corrected chi connectivity index (χ4v) is 2.38. The second kappa shape index (κ2) is 5.98. The Labute approximate surface area is 127 Å². The van der Waals surface area contributed by atoms with Gasteiger partial charge in [-0.2, -0.15) is 0 Å². The number of benzene rings is 1. The van der Waals surface area contributed by atoms with Crippen LogP contribution < -0.4 is 10.9 Å². The average Bonchev–Trinajstić information content (AvgIpc) is 2.97. The van der Waals surface area contributed by atoms with Crippen LogP contribution in [0.3, 0.4) is 0 Å². The monoisotopic (exact) mass is 299 g/mol. The van der Waals surface area contributed by atoms with E-state index < -0.39 is 0 Å². The predicted octanol–water partition coefficient (Wildman–Crippen LogP) is 1.35. The zero-order valence-electron chi connectivity index (χ0n) is 12.5. The third-order valence-electron chi connectivity index (χ3n) is 3.47. The number of methoxy groups -OCH3 is 1. The third-order valence-corrected chi connectivity index (χ3v) is 3.47. The Kier molecular flexibility index (Phi) is 3.88. The van der Waals surface area contributed by atoms with Gasteiger partial charge in [-0.15, -0.1) is 5.10 Å². The molecule has 3 aromatic rings. The Bertz CT molecular complexity index is 853. The molecule has 0 unspecified atom stereocenters. The van der Waals surface area contributed by atoms with Crippen LogP contribution in [0.4, 0.5) is 5.82 Å². The summed E-state index contributed by atoms with van der Waals surface area (Å²) >= 11 is 0. The molecule has 1 aromatic carbocycles. The Hall–Kier alpha value is -2.67. The van der Waals surface area contributed by atoms with Crippen molar-refractivity contribution in [3.05, 3.63) is 52.4 Å². The van der Waals surface area contributed by atoms with Crippen molar-refractivity contribution in [3.63, 3.8) is 0 Å². The highest BCUT2D eigenvalue weighted by Gasteiger charge is 2.07. The molecule has 0 saturated carbocycles. The quantitative estimate of drug-likeness (QED) is 0.769. The number of aromatic nitrogens is 4. The van der Waals surface area contributed by atoms with Crippen molar-refractivity contribution in [2.24, 2.45) is 7.05 Å². The number of para-hydroxylation sites is 1. The summed E-state index contributed by atoms with van der Waals surface area (Å²) in [6.45, 7) is 0.732. The summed E-state index contributed by atoms with van der Waals surface area (Å²) < 4.78 is 8.20. The molecule has 22 heavy (non-hydrogen) atoms. The first-order valence-corrected chi connectivity index (χ1v) is 6.89. The number of hydrogen-bond donors (Lipinski definition) is 1. The van der Waals surface area contributed by atoms with E-state index in [0.29, 0.717) is 24.7 Å². The van der Waals surface area contributed by atoms with Gasteiger partial charge >= 0.3 is 0 Å². The normalized spacial score (nSPS) is 11.0. The van der Waals surface area contributed by atoms with Crippen LogP contribution in [0.5, 0.6) is 0 Å². The number of nitrogens with one attached hydrogen (secondary N) is 1. The van der Waals surface area contributed by atoms with E-state index in [4.69, 9.17) is 4.74 Å². The molecular formula is C15H17N5O2. The van der Waals surface area contributed by atoms with Crippen molar-refractivity contribution >= 4 is 16.7 Å². The number of ether oxygens (including phenoxy) is 1. The lowest BCUT2D eigenvalue weighted by Crippen LogP contribution is -2.23. The van der Waals surface area contributed by atoms with Crippen molar-refractivity contribution in [1.82, 2.24) is 19.6 Å². The lowest BCUT2D eigenvalue weighted by molar-refractivity contribution is 0.119. The number of pyridine rings is 1. The van der Waals surface area contributed by atoms with Gasteiger partial charge in [0.1, 0.15) is 6.73 Å². The van der Waals surface area contributed by atoms with Crippen molar-refractivity contribution in [1.29, 1.82) is 0 Å². The molecule has 3 rings (SSSR count). The fraction of sp³-hybridized carbons (Fsp3) is 0.267. The van der Waals surface area contributed by atoms with Crippen LogP contribution in [0.25, 0.3) is 10.9 Å². The van der Waals surface area contributed by atoms with Crippen LogP contribution in [-0.2, 0) is 25.1 Å². The van der Waals surface area contributed by atoms with E-state index in [0.717, 1.165) is 10.9 Å². The van der Waals surface area contributed by atoms with E-state index in [1.165, 1.54) is 0 Å². The number of rotatable bonds is 5. The van der Waals surface area contributed by atoms with Crippen LogP contribution in [0, 0.1) is 0 Å². The lowest BCUT2D eigenvalue weighted by atomic mass is 10.1. The Morgan fingerprint density at radius 1 is 1.32 bits per heavy atom. The summed E-state index contributed by atoms with van der Waals surface area (Å²) in [6, 6.07) is 9.72. The first kappa shape index (κ1) is 14.3. The third kappa shape index (κ3) is 2.71. The maximum Gasteiger partial charge on any atom is 0.255 e. The van der Waals surface area contributed by atoms with Crippen LogP contribution in [-0.4, -0.2) is 26.7 Å². The largest absolute Gasteiger partial charge is 0.363 e. The van der Waals surface area contributed by atoms with Gasteiger partial charge in [-0.25, -0.2) is 4.68 Å². The van der Waals surface area contributed by atoms with Crippen molar-refractivity contribution in [2.45, 2.75) is 13.3 Å². The molecular weight excluding hydrogens is 282 g/mol. The highest BCUT2D eigenvalue weighted by Crippen LogP contribution is 2.13. The van der Waals surface area contributed by atoms with E-state index in [1.807, 2.05) is 30.3 Å². The van der Waals surface area contributed by atoms with Crippen molar-refractivity contribution < 1.29 is 4.74 Å². The van der Waals surface area contributed by atoms with Gasteiger partial charge in [0.25, 0.3) is 5.56 Å². The lowest BCUT2D eigenvalue weighted by Gasteiger charge is -2.09. The van der Waals surface area contributed by atoms with Gasteiger partial charge in [0, 0.05) is 26.3 Å². The Morgan fingerprint density at radius 2 is 2.14 bits per heavy atom. The molecule has 0 radical (unpaired) electrons. The second-order valence-corrected chi connectivity index (χ2v) is 5.01. The maximum atomic E-state index is 12.4. The molecule has 0 fully saturated rings. The van der Waals surface area contributed by atoms with Crippen LogP contribution in [0.15, 0.2) is 41.3 Å². The first-order chi connectivity index (χ1) is 10.7. The zero-order chi connectivity index (χ0) is 15.5. The number of anilines is 1. The summed E-state index contributed by atoms with van der Waals surface area (Å²) in [5.41, 5.74) is 1.58. The minimum atomic E-state index is -0.0181. The molecule has 0 aliphatic heterocycles. The summed E-state index contributed by atoms with van der Waals surface area (Å²) in [5.74, 6) is 0.604. The molecule has 0 aliphatic carbocycles. The number of aryl methyl sites for hydroxylation is 1. The van der Waals surface area contributed by atoms with Gasteiger partial charge in [-0.3, -0.25) is 4.79 Å². The Morgan fingerprint density at radius 3 is 2.95 bits per heavy atom. The van der Waals surface area contributed by atoms with Crippen LogP contribution in [0.2, 0.25) is 0 Å². The van der Waals surface area contributed by atoms with E-state index in [9.17, 15) is 4.79 Å². The van der Waals surface area contributed by atoms with Gasteiger partial charge in [0.15, 0.2) is 5.82 Å². The maximum absolute atomic E-state index is 12.4. The van der Waals surface area contributed by atoms with E-state index >= 15 is 0 Å². The average molecular weight is 299 g/mol. The minimum absolute atomic E-state index is 0.0181. The van der Waals surface area contributed by atoms with Gasteiger partial charge in [-0.05, 0) is 17.5 Å². The summed E-state index contributed by atoms with van der Waals surface area (Å²) in [5, 5.41) is 12.0. The molecule has 0 saturated heterocycles. The molecule has 2 heterocycles. The molecule has 7 heteroatoms. The first-order valence-electron chi connectivity index (χ1n) is 6.89. The highest BCUT2D eigenvalue weighted by atomic mass is 16.5. The molecule has 0 atom stereocenters. The topological polar surface area (TPSA) is 74.0 Å². The molecule has 0 spiro atoms. The summed E-state index contributed by atoms with van der Waals surface area (Å²) in [6.07, 6.45) is 1.73. The van der Waals surface area contributed by atoms with E-state index in [1.54, 1.807) is 29.6 Å². The standard InChI is InChI=1S/C15H17N5O2/c1-19-13-6-4-3-5-11(13)7-12(15(19)21)8-16-14-9-20(10-22-2)18-17-14/h3-7,9,16H,8,10H2,1-2H3. The molecule has 0 amide bonds. The van der Waals surface area contributed by atoms with E-state index in [2.05, 4.69) is 15.6 Å². The molecule has 114 valence electrons. The second-order valence-electron chi connectivity index (χ2n) is 5.01. The highest BCUT2D eigenvalue weighted by molar-refractivity contribution is 5.79. The fourth-order valence-electron chi connectivity index (χ4n) is 2.38. The molecule has 2 aromatic heterocycles. The minimum Gasteiger partial charge on any atom is -0.363 e. The number of fused-ring (bicyclic) bond motifs is 1. The van der Waals surface area contributed by atoms with Gasteiger partial charge < -0.3 is 14.6 Å². The van der Waals surface area contributed by atoms with Crippen LogP contribution >= 0.6 is 0 Å². The van der Waals surface area contributed by atoms with Gasteiger partial charge in [0.2, 0.25) is 0 Å². The summed E-state index contributed by atoms with van der Waals surface area (Å²) in [7, 11) is 3.37. The Balaban J connectivity index is 1.84.